The Morgan fingerprint density at radius 3 is 2.85 bits per heavy atom. The van der Waals surface area contributed by atoms with E-state index in [0.717, 1.165) is 30.5 Å². The van der Waals surface area contributed by atoms with Gasteiger partial charge >= 0.3 is 0 Å². The largest absolute Gasteiger partial charge is 0.324 e. The van der Waals surface area contributed by atoms with Crippen LogP contribution in [0.25, 0.3) is 0 Å². The van der Waals surface area contributed by atoms with Gasteiger partial charge in [0, 0.05) is 23.6 Å². The van der Waals surface area contributed by atoms with Crippen LogP contribution in [-0.2, 0) is 4.79 Å². The first-order valence-electron chi connectivity index (χ1n) is 6.80. The molecule has 110 valence electrons. The molecule has 0 unspecified atom stereocenters. The van der Waals surface area contributed by atoms with Crippen LogP contribution >= 0.6 is 27.5 Å². The van der Waals surface area contributed by atoms with Crippen LogP contribution in [0.4, 0.5) is 5.69 Å². The molecule has 1 saturated heterocycles. The normalized spacial score (nSPS) is 15.2. The third kappa shape index (κ3) is 4.19. The van der Waals surface area contributed by atoms with Crippen LogP contribution < -0.4 is 10.6 Å². The molecular formula is C14H19BrClN3O. The van der Waals surface area contributed by atoms with Crippen molar-refractivity contribution >= 4 is 39.1 Å². The highest BCUT2D eigenvalue weighted by Crippen LogP contribution is 2.25. The monoisotopic (exact) mass is 359 g/mol. The first kappa shape index (κ1) is 15.8. The van der Waals surface area contributed by atoms with Crippen LogP contribution in [0.15, 0.2) is 22.7 Å². The summed E-state index contributed by atoms with van der Waals surface area (Å²) in [5, 5.41) is 6.66. The lowest BCUT2D eigenvalue weighted by molar-refractivity contribution is -0.118. The smallest absolute Gasteiger partial charge is 0.238 e. The van der Waals surface area contributed by atoms with Crippen molar-refractivity contribution in [2.75, 3.05) is 31.5 Å². The van der Waals surface area contributed by atoms with Crippen molar-refractivity contribution in [2.45, 2.75) is 19.4 Å². The van der Waals surface area contributed by atoms with E-state index in [1.54, 1.807) is 12.1 Å². The molecule has 0 atom stereocenters. The number of anilines is 1. The fraction of sp³-hybridized carbons (Fsp3) is 0.500. The fourth-order valence-corrected chi connectivity index (χ4v) is 2.90. The van der Waals surface area contributed by atoms with E-state index in [2.05, 4.69) is 38.4 Å². The molecule has 4 nitrogen and oxygen atoms in total. The van der Waals surface area contributed by atoms with Crippen molar-refractivity contribution < 1.29 is 4.79 Å². The maximum atomic E-state index is 12.1. The van der Waals surface area contributed by atoms with Crippen LogP contribution in [0.2, 0.25) is 5.02 Å². The fourth-order valence-electron chi connectivity index (χ4n) is 2.17. The van der Waals surface area contributed by atoms with E-state index in [0.29, 0.717) is 23.3 Å². The second-order valence-electron chi connectivity index (χ2n) is 4.95. The number of amides is 1. The van der Waals surface area contributed by atoms with Crippen molar-refractivity contribution in [3.63, 3.8) is 0 Å². The van der Waals surface area contributed by atoms with E-state index >= 15 is 0 Å². The Kier molecular flexibility index (Phi) is 5.84. The zero-order valence-corrected chi connectivity index (χ0v) is 13.8. The zero-order chi connectivity index (χ0) is 14.5. The van der Waals surface area contributed by atoms with Gasteiger partial charge in [0.15, 0.2) is 0 Å². The Bertz CT molecular complexity index is 479. The summed E-state index contributed by atoms with van der Waals surface area (Å²) in [7, 11) is 0. The molecular weight excluding hydrogens is 342 g/mol. The quantitative estimate of drug-likeness (QED) is 0.820. The molecule has 6 heteroatoms. The van der Waals surface area contributed by atoms with E-state index in [4.69, 9.17) is 11.6 Å². The predicted octanol–water partition coefficient (Wildman–Crippen LogP) is 2.72. The summed E-state index contributed by atoms with van der Waals surface area (Å²) in [6.45, 7) is 5.40. The lowest BCUT2D eigenvalue weighted by Gasteiger charge is -2.37. The molecule has 0 aliphatic carbocycles. The summed E-state index contributed by atoms with van der Waals surface area (Å²) in [5.41, 5.74) is 0.656. The lowest BCUT2D eigenvalue weighted by atomic mass is 10.1. The minimum Gasteiger partial charge on any atom is -0.324 e. The Balaban J connectivity index is 1.93. The van der Waals surface area contributed by atoms with Crippen LogP contribution in [-0.4, -0.2) is 43.0 Å². The summed E-state index contributed by atoms with van der Waals surface area (Å²) in [6, 6.07) is 5.92. The van der Waals surface area contributed by atoms with Crippen molar-refractivity contribution in [2.24, 2.45) is 0 Å². The van der Waals surface area contributed by atoms with E-state index < -0.39 is 0 Å². The van der Waals surface area contributed by atoms with Gasteiger partial charge in [0.25, 0.3) is 0 Å². The number of hydrogen-bond donors (Lipinski definition) is 2. The average Bonchev–Trinajstić information content (AvgIpc) is 2.31. The first-order valence-corrected chi connectivity index (χ1v) is 7.97. The molecule has 1 aliphatic heterocycles. The van der Waals surface area contributed by atoms with Crippen molar-refractivity contribution in [1.82, 2.24) is 10.2 Å². The Labute approximate surface area is 133 Å². The van der Waals surface area contributed by atoms with Gasteiger partial charge in [-0.15, -0.1) is 0 Å². The second-order valence-corrected chi connectivity index (χ2v) is 6.28. The minimum absolute atomic E-state index is 0.0189. The van der Waals surface area contributed by atoms with Crippen LogP contribution in [0, 0.1) is 0 Å². The van der Waals surface area contributed by atoms with Crippen LogP contribution in [0.1, 0.15) is 13.3 Å². The Morgan fingerprint density at radius 1 is 1.55 bits per heavy atom. The number of carbonyl (C=O) groups excluding carboxylic acids is 1. The maximum Gasteiger partial charge on any atom is 0.238 e. The van der Waals surface area contributed by atoms with Gasteiger partial charge in [0.05, 0.1) is 17.3 Å². The van der Waals surface area contributed by atoms with Gasteiger partial charge in [-0.2, -0.15) is 0 Å². The molecule has 2 N–H and O–H groups in total. The van der Waals surface area contributed by atoms with Crippen molar-refractivity contribution in [1.29, 1.82) is 0 Å². The lowest BCUT2D eigenvalue weighted by Crippen LogP contribution is -2.58. The highest BCUT2D eigenvalue weighted by atomic mass is 79.9. The Morgan fingerprint density at radius 2 is 2.30 bits per heavy atom. The standard InChI is InChI=1S/C14H19BrClN3O/c1-2-5-19(11-7-17-8-11)9-14(20)18-13-4-3-10(15)6-12(13)16/h3-4,6,11,17H,2,5,7-9H2,1H3,(H,18,20). The van der Waals surface area contributed by atoms with Gasteiger partial charge in [0.2, 0.25) is 5.91 Å². The molecule has 0 aromatic heterocycles. The molecule has 0 spiro atoms. The molecule has 1 heterocycles. The van der Waals surface area contributed by atoms with Gasteiger partial charge < -0.3 is 10.6 Å². The Hall–Kier alpha value is -0.620. The van der Waals surface area contributed by atoms with Gasteiger partial charge in [-0.3, -0.25) is 9.69 Å². The van der Waals surface area contributed by atoms with Gasteiger partial charge in [-0.1, -0.05) is 34.5 Å². The summed E-state index contributed by atoms with van der Waals surface area (Å²) >= 11 is 9.45. The zero-order valence-electron chi connectivity index (χ0n) is 11.5. The number of halogens is 2. The SMILES string of the molecule is CCCN(CC(=O)Nc1ccc(Br)cc1Cl)C1CNC1. The summed E-state index contributed by atoms with van der Waals surface area (Å²) in [6.07, 6.45) is 1.04. The molecule has 2 rings (SSSR count). The summed E-state index contributed by atoms with van der Waals surface area (Å²) in [5.74, 6) is -0.0189. The maximum absolute atomic E-state index is 12.1. The molecule has 1 aromatic carbocycles. The molecule has 0 radical (unpaired) electrons. The highest BCUT2D eigenvalue weighted by Gasteiger charge is 2.25. The van der Waals surface area contributed by atoms with E-state index in [1.807, 2.05) is 6.07 Å². The number of benzene rings is 1. The average molecular weight is 361 g/mol. The molecule has 1 amide bonds. The van der Waals surface area contributed by atoms with Crippen LogP contribution in [0.5, 0.6) is 0 Å². The number of nitrogens with one attached hydrogen (secondary N) is 2. The molecule has 1 aliphatic rings. The first-order chi connectivity index (χ1) is 9.60. The molecule has 0 saturated carbocycles. The number of carbonyl (C=O) groups is 1. The number of hydrogen-bond acceptors (Lipinski definition) is 3. The van der Waals surface area contributed by atoms with Crippen molar-refractivity contribution in [3.8, 4) is 0 Å². The van der Waals surface area contributed by atoms with Crippen molar-refractivity contribution in [3.05, 3.63) is 27.7 Å². The molecule has 0 bridgehead atoms. The van der Waals surface area contributed by atoms with Gasteiger partial charge in [0.1, 0.15) is 0 Å². The predicted molar refractivity (Wildman–Crippen MR) is 86.3 cm³/mol. The molecule has 1 fully saturated rings. The summed E-state index contributed by atoms with van der Waals surface area (Å²) in [4.78, 5) is 14.4. The minimum atomic E-state index is -0.0189. The van der Waals surface area contributed by atoms with E-state index in [-0.39, 0.29) is 5.91 Å². The molecule has 20 heavy (non-hydrogen) atoms. The third-order valence-electron chi connectivity index (χ3n) is 3.34. The highest BCUT2D eigenvalue weighted by molar-refractivity contribution is 9.10. The third-order valence-corrected chi connectivity index (χ3v) is 4.15. The number of nitrogens with zero attached hydrogens (tertiary/aromatic N) is 1. The van der Waals surface area contributed by atoms with Crippen LogP contribution in [0.3, 0.4) is 0 Å². The van der Waals surface area contributed by atoms with E-state index in [1.165, 1.54) is 0 Å². The molecule has 1 aromatic rings. The van der Waals surface area contributed by atoms with E-state index in [9.17, 15) is 4.79 Å². The van der Waals surface area contributed by atoms with Gasteiger partial charge in [-0.25, -0.2) is 0 Å². The van der Waals surface area contributed by atoms with Gasteiger partial charge in [-0.05, 0) is 31.2 Å². The topological polar surface area (TPSA) is 44.4 Å². The second kappa shape index (κ2) is 7.41. The summed E-state index contributed by atoms with van der Waals surface area (Å²) < 4.78 is 0.897. The number of rotatable bonds is 6.